The van der Waals surface area contributed by atoms with E-state index in [0.29, 0.717) is 15.8 Å². The van der Waals surface area contributed by atoms with E-state index in [1.165, 1.54) is 34.2 Å². The van der Waals surface area contributed by atoms with Crippen LogP contribution >= 0.6 is 23.1 Å². The molecule has 2 heterocycles. The Labute approximate surface area is 192 Å². The van der Waals surface area contributed by atoms with Crippen LogP contribution in [0.5, 0.6) is 5.75 Å². The predicted molar refractivity (Wildman–Crippen MR) is 134 cm³/mol. The summed E-state index contributed by atoms with van der Waals surface area (Å²) in [6.45, 7) is 6.32. The third kappa shape index (κ3) is 5.87. The van der Waals surface area contributed by atoms with E-state index in [4.69, 9.17) is 0 Å². The summed E-state index contributed by atoms with van der Waals surface area (Å²) in [7, 11) is 1.72. The zero-order valence-corrected chi connectivity index (χ0v) is 19.8. The first-order chi connectivity index (χ1) is 14.9. The van der Waals surface area contributed by atoms with Gasteiger partial charge in [0.2, 0.25) is 0 Å². The van der Waals surface area contributed by atoms with Crippen LogP contribution in [0, 0.1) is 6.92 Å². The first kappa shape index (κ1) is 22.8. The maximum Gasteiger partial charge on any atom is 0.266 e. The van der Waals surface area contributed by atoms with E-state index < -0.39 is 0 Å². The Hall–Kier alpha value is -2.83. The summed E-state index contributed by atoms with van der Waals surface area (Å²) in [6, 6.07) is 19.1. The van der Waals surface area contributed by atoms with Crippen LogP contribution in [-0.2, 0) is 4.79 Å². The highest BCUT2D eigenvalue weighted by Gasteiger charge is 2.30. The number of amidine groups is 1. The lowest BCUT2D eigenvalue weighted by Gasteiger charge is -2.06. The van der Waals surface area contributed by atoms with Crippen LogP contribution in [0.2, 0.25) is 0 Å². The zero-order valence-electron chi connectivity index (χ0n) is 18.1. The van der Waals surface area contributed by atoms with Crippen LogP contribution in [0.3, 0.4) is 0 Å². The molecule has 4 rings (SSSR count). The van der Waals surface area contributed by atoms with Crippen LogP contribution in [-0.4, -0.2) is 28.1 Å². The van der Waals surface area contributed by atoms with E-state index >= 15 is 0 Å². The summed E-state index contributed by atoms with van der Waals surface area (Å²) in [5.41, 5.74) is 3.11. The Bertz CT molecular complexity index is 1100. The van der Waals surface area contributed by atoms with Gasteiger partial charge in [-0.3, -0.25) is 9.69 Å². The van der Waals surface area contributed by atoms with Gasteiger partial charge in [0, 0.05) is 16.8 Å². The van der Waals surface area contributed by atoms with Crippen molar-refractivity contribution in [1.82, 2.24) is 4.90 Å². The van der Waals surface area contributed by atoms with Gasteiger partial charge < -0.3 is 5.11 Å². The fourth-order valence-corrected chi connectivity index (χ4v) is 4.73. The standard InChI is InChI=1S/C22H18N2O2S2.C3H8/c1-14-3-5-15(6-4-14)19-12-11-18(27-19)13-20-21(26)24(2)22(28-20)23-16-7-9-17(25)10-8-16;1-3-2/h3-13,25H,1-2H3;3H2,1-2H3/b20-13-,23-22?;. The molecule has 6 heteroatoms. The Kier molecular flexibility index (Phi) is 7.71. The molecule has 0 radical (unpaired) electrons. The average Bonchev–Trinajstić information content (AvgIpc) is 3.32. The molecule has 2 aromatic carbocycles. The highest BCUT2D eigenvalue weighted by Crippen LogP contribution is 2.36. The normalized spacial score (nSPS) is 16.0. The second-order valence-corrected chi connectivity index (χ2v) is 9.29. The fraction of sp³-hybridized carbons (Fsp3) is 0.200. The van der Waals surface area contributed by atoms with Crippen LogP contribution in [0.25, 0.3) is 16.5 Å². The monoisotopic (exact) mass is 450 g/mol. The summed E-state index contributed by atoms with van der Waals surface area (Å²) in [6.07, 6.45) is 3.17. The highest BCUT2D eigenvalue weighted by molar-refractivity contribution is 8.18. The average molecular weight is 451 g/mol. The molecule has 0 saturated carbocycles. The lowest BCUT2D eigenvalue weighted by molar-refractivity contribution is -0.121. The topological polar surface area (TPSA) is 52.9 Å². The van der Waals surface area contributed by atoms with Crippen molar-refractivity contribution in [3.8, 4) is 16.2 Å². The van der Waals surface area contributed by atoms with E-state index in [1.54, 1.807) is 47.5 Å². The van der Waals surface area contributed by atoms with Gasteiger partial charge in [0.05, 0.1) is 10.6 Å². The lowest BCUT2D eigenvalue weighted by Crippen LogP contribution is -2.23. The summed E-state index contributed by atoms with van der Waals surface area (Å²) in [5.74, 6) is 0.128. The number of rotatable bonds is 3. The number of benzene rings is 2. The molecule has 0 bridgehead atoms. The number of phenolic OH excluding ortho intramolecular Hbond substituents is 1. The first-order valence-corrected chi connectivity index (χ1v) is 11.8. The minimum absolute atomic E-state index is 0.0622. The Morgan fingerprint density at radius 1 is 1.00 bits per heavy atom. The first-order valence-electron chi connectivity index (χ1n) is 10.1. The van der Waals surface area contributed by atoms with Gasteiger partial charge >= 0.3 is 0 Å². The number of hydrogen-bond donors (Lipinski definition) is 1. The second-order valence-electron chi connectivity index (χ2n) is 7.16. The van der Waals surface area contributed by atoms with Crippen molar-refractivity contribution in [2.45, 2.75) is 27.2 Å². The number of likely N-dealkylation sites (N-methyl/N-ethyl adjacent to an activating group) is 1. The number of phenols is 1. The number of carbonyl (C=O) groups excluding carboxylic acids is 1. The molecule has 4 nitrogen and oxygen atoms in total. The maximum absolute atomic E-state index is 12.6. The fourth-order valence-electron chi connectivity index (χ4n) is 2.72. The summed E-state index contributed by atoms with van der Waals surface area (Å²) >= 11 is 3.02. The molecule has 1 amide bonds. The van der Waals surface area contributed by atoms with Gasteiger partial charge in [-0.05, 0) is 66.7 Å². The number of aliphatic imine (C=N–C) groups is 1. The number of nitrogens with zero attached hydrogens (tertiary/aromatic N) is 2. The molecule has 0 spiro atoms. The lowest BCUT2D eigenvalue weighted by atomic mass is 10.1. The number of thioether (sulfide) groups is 1. The van der Waals surface area contributed by atoms with Crippen LogP contribution in [0.4, 0.5) is 5.69 Å². The zero-order chi connectivity index (χ0) is 22.4. The molecular weight excluding hydrogens is 424 g/mol. The molecule has 31 heavy (non-hydrogen) atoms. The van der Waals surface area contributed by atoms with Crippen molar-refractivity contribution in [2.75, 3.05) is 7.05 Å². The van der Waals surface area contributed by atoms with Gasteiger partial charge in [0.25, 0.3) is 5.91 Å². The number of hydrogen-bond acceptors (Lipinski definition) is 5. The number of carbonyl (C=O) groups is 1. The largest absolute Gasteiger partial charge is 0.508 e. The number of aromatic hydroxyl groups is 1. The maximum atomic E-state index is 12.6. The van der Waals surface area contributed by atoms with Crippen LogP contribution < -0.4 is 0 Å². The van der Waals surface area contributed by atoms with Gasteiger partial charge in [-0.2, -0.15) is 0 Å². The number of aryl methyl sites for hydroxylation is 1. The molecule has 1 N–H and O–H groups in total. The molecule has 1 aliphatic rings. The third-order valence-electron chi connectivity index (χ3n) is 4.31. The van der Waals surface area contributed by atoms with Gasteiger partial charge in [-0.15, -0.1) is 11.3 Å². The van der Waals surface area contributed by atoms with Gasteiger partial charge in [0.15, 0.2) is 5.17 Å². The highest BCUT2D eigenvalue weighted by atomic mass is 32.2. The predicted octanol–water partition coefficient (Wildman–Crippen LogP) is 7.08. The molecule has 1 fully saturated rings. The van der Waals surface area contributed by atoms with E-state index in [1.807, 2.05) is 12.1 Å². The smallest absolute Gasteiger partial charge is 0.266 e. The summed E-state index contributed by atoms with van der Waals surface area (Å²) in [5, 5.41) is 10.0. The minimum Gasteiger partial charge on any atom is -0.508 e. The molecule has 1 aliphatic heterocycles. The van der Waals surface area contributed by atoms with Crippen LogP contribution in [0.1, 0.15) is 30.7 Å². The van der Waals surface area contributed by atoms with E-state index in [0.717, 1.165) is 4.88 Å². The van der Waals surface area contributed by atoms with E-state index in [-0.39, 0.29) is 11.7 Å². The molecule has 160 valence electrons. The molecule has 0 unspecified atom stereocenters. The Morgan fingerprint density at radius 2 is 1.65 bits per heavy atom. The molecule has 0 atom stereocenters. The summed E-state index contributed by atoms with van der Waals surface area (Å²) in [4.78, 5) is 21.5. The van der Waals surface area contributed by atoms with Crippen molar-refractivity contribution in [3.05, 3.63) is 76.0 Å². The van der Waals surface area contributed by atoms with E-state index in [2.05, 4.69) is 56.1 Å². The minimum atomic E-state index is -0.0622. The van der Waals surface area contributed by atoms with Crippen LogP contribution in [0.15, 0.2) is 70.6 Å². The van der Waals surface area contributed by atoms with Crippen molar-refractivity contribution in [1.29, 1.82) is 0 Å². The molecule has 0 aliphatic carbocycles. The van der Waals surface area contributed by atoms with Crippen molar-refractivity contribution in [3.63, 3.8) is 0 Å². The van der Waals surface area contributed by atoms with Gasteiger partial charge in [-0.25, -0.2) is 4.99 Å². The molecule has 1 saturated heterocycles. The molecule has 3 aromatic rings. The molecular formula is C25H26N2O2S2. The Balaban J connectivity index is 0.000000858. The number of thiophene rings is 1. The quantitative estimate of drug-likeness (QED) is 0.434. The van der Waals surface area contributed by atoms with Crippen molar-refractivity contribution in [2.24, 2.45) is 4.99 Å². The van der Waals surface area contributed by atoms with Crippen molar-refractivity contribution >= 4 is 45.9 Å². The van der Waals surface area contributed by atoms with Gasteiger partial charge in [-0.1, -0.05) is 50.1 Å². The van der Waals surface area contributed by atoms with Gasteiger partial charge in [0.1, 0.15) is 5.75 Å². The Morgan fingerprint density at radius 3 is 2.29 bits per heavy atom. The van der Waals surface area contributed by atoms with E-state index in [9.17, 15) is 9.90 Å². The molecule has 1 aromatic heterocycles. The second kappa shape index (κ2) is 10.5. The van der Waals surface area contributed by atoms with Crippen molar-refractivity contribution < 1.29 is 9.90 Å². The SMILES string of the molecule is CCC.Cc1ccc(-c2ccc(/C=C3\SC(=Nc4ccc(O)cc4)N(C)C3=O)s2)cc1. The third-order valence-corrected chi connectivity index (χ3v) is 6.46. The summed E-state index contributed by atoms with van der Waals surface area (Å²) < 4.78 is 0. The number of amides is 1.